The molecule has 0 saturated carbocycles. The topological polar surface area (TPSA) is 84.3 Å². The highest BCUT2D eigenvalue weighted by molar-refractivity contribution is 7.89. The lowest BCUT2D eigenvalue weighted by atomic mass is 10.1. The van der Waals surface area contributed by atoms with E-state index < -0.39 is 10.0 Å². The minimum Gasteiger partial charge on any atom is -0.307 e. The molecule has 2 aromatic rings. The molecule has 2 heterocycles. The van der Waals surface area contributed by atoms with E-state index in [1.54, 1.807) is 36.0 Å². The van der Waals surface area contributed by atoms with Crippen molar-refractivity contribution in [3.63, 3.8) is 0 Å². The number of amides is 1. The van der Waals surface area contributed by atoms with Crippen molar-refractivity contribution < 1.29 is 13.2 Å². The molecule has 0 aliphatic carbocycles. The molecule has 0 bridgehead atoms. The Bertz CT molecular complexity index is 928. The number of aromatic nitrogens is 2. The van der Waals surface area contributed by atoms with Crippen molar-refractivity contribution in [3.8, 4) is 0 Å². The van der Waals surface area contributed by atoms with Gasteiger partial charge in [0, 0.05) is 30.8 Å². The maximum Gasteiger partial charge on any atom is 0.257 e. The molecule has 3 rings (SSSR count). The number of hydrogen-bond donors (Lipinski definition) is 1. The van der Waals surface area contributed by atoms with E-state index in [-0.39, 0.29) is 16.8 Å². The van der Waals surface area contributed by atoms with Crippen LogP contribution in [0.1, 0.15) is 55.1 Å². The van der Waals surface area contributed by atoms with E-state index in [4.69, 9.17) is 0 Å². The summed E-state index contributed by atoms with van der Waals surface area (Å²) >= 11 is 0. The van der Waals surface area contributed by atoms with Crippen LogP contribution in [-0.2, 0) is 10.0 Å². The van der Waals surface area contributed by atoms with Gasteiger partial charge in [-0.1, -0.05) is 12.5 Å². The molecule has 0 unspecified atom stereocenters. The molecular weight excluding hydrogens is 364 g/mol. The summed E-state index contributed by atoms with van der Waals surface area (Å²) in [6.45, 7) is 6.81. The average Bonchev–Trinajstić information content (AvgIpc) is 3.11. The second-order valence-corrected chi connectivity index (χ2v) is 9.09. The molecule has 1 aliphatic rings. The molecule has 8 heteroatoms. The largest absolute Gasteiger partial charge is 0.307 e. The van der Waals surface area contributed by atoms with Gasteiger partial charge in [-0.15, -0.1) is 0 Å². The summed E-state index contributed by atoms with van der Waals surface area (Å²) in [6, 6.07) is 6.56. The van der Waals surface area contributed by atoms with Crippen LogP contribution >= 0.6 is 0 Å². The average molecular weight is 391 g/mol. The van der Waals surface area contributed by atoms with Crippen molar-refractivity contribution >= 4 is 21.7 Å². The summed E-state index contributed by atoms with van der Waals surface area (Å²) in [5.74, 6) is 0.240. The van der Waals surface area contributed by atoms with Crippen LogP contribution in [0, 0.1) is 6.92 Å². The van der Waals surface area contributed by atoms with Gasteiger partial charge in [0.15, 0.2) is 0 Å². The maximum atomic E-state index is 12.9. The zero-order valence-electron chi connectivity index (χ0n) is 16.0. The van der Waals surface area contributed by atoms with Gasteiger partial charge < -0.3 is 5.32 Å². The van der Waals surface area contributed by atoms with Gasteiger partial charge in [0.25, 0.3) is 5.91 Å². The van der Waals surface area contributed by atoms with Crippen LogP contribution in [0.2, 0.25) is 0 Å². The van der Waals surface area contributed by atoms with Gasteiger partial charge in [0.05, 0.1) is 11.1 Å². The first kappa shape index (κ1) is 19.6. The number of nitrogens with one attached hydrogen (secondary N) is 1. The molecule has 1 fully saturated rings. The van der Waals surface area contributed by atoms with Crippen LogP contribution in [-0.4, -0.2) is 41.5 Å². The Balaban J connectivity index is 1.89. The standard InChI is InChI=1S/C19H26N4O3S/c1-14(2)23-18(9-10-20-23)21-19(24)17-13-16(8-7-15(17)3)27(25,26)22-11-5-4-6-12-22/h7-10,13-14H,4-6,11-12H2,1-3H3,(H,21,24). The Morgan fingerprint density at radius 3 is 2.52 bits per heavy atom. The van der Waals surface area contributed by atoms with Crippen molar-refractivity contribution in [2.75, 3.05) is 18.4 Å². The zero-order chi connectivity index (χ0) is 19.6. The van der Waals surface area contributed by atoms with Crippen LogP contribution in [0.25, 0.3) is 0 Å². The Morgan fingerprint density at radius 2 is 1.85 bits per heavy atom. The molecule has 1 amide bonds. The van der Waals surface area contributed by atoms with Crippen LogP contribution in [0.15, 0.2) is 35.4 Å². The van der Waals surface area contributed by atoms with Crippen LogP contribution in [0.5, 0.6) is 0 Å². The first-order valence-electron chi connectivity index (χ1n) is 9.26. The second-order valence-electron chi connectivity index (χ2n) is 7.15. The molecule has 7 nitrogen and oxygen atoms in total. The van der Waals surface area contributed by atoms with E-state index in [0.29, 0.717) is 24.5 Å². The van der Waals surface area contributed by atoms with Crippen molar-refractivity contribution in [2.24, 2.45) is 0 Å². The summed E-state index contributed by atoms with van der Waals surface area (Å²) < 4.78 is 29.0. The van der Waals surface area contributed by atoms with Gasteiger partial charge >= 0.3 is 0 Å². The van der Waals surface area contributed by atoms with Gasteiger partial charge in [-0.2, -0.15) is 9.40 Å². The minimum atomic E-state index is -3.58. The summed E-state index contributed by atoms with van der Waals surface area (Å²) in [5.41, 5.74) is 1.07. The highest BCUT2D eigenvalue weighted by Gasteiger charge is 2.27. The molecule has 1 aliphatic heterocycles. The summed E-state index contributed by atoms with van der Waals surface area (Å²) in [6.07, 6.45) is 4.42. The fourth-order valence-electron chi connectivity index (χ4n) is 3.27. The highest BCUT2D eigenvalue weighted by atomic mass is 32.2. The first-order valence-corrected chi connectivity index (χ1v) is 10.7. The lowest BCUT2D eigenvalue weighted by molar-refractivity contribution is 0.102. The van der Waals surface area contributed by atoms with Crippen LogP contribution < -0.4 is 5.32 Å². The predicted molar refractivity (Wildman–Crippen MR) is 104 cm³/mol. The predicted octanol–water partition coefficient (Wildman–Crippen LogP) is 3.20. The smallest absolute Gasteiger partial charge is 0.257 e. The van der Waals surface area contributed by atoms with Crippen molar-refractivity contribution in [1.29, 1.82) is 0 Å². The Morgan fingerprint density at radius 1 is 1.15 bits per heavy atom. The van der Waals surface area contributed by atoms with Crippen molar-refractivity contribution in [2.45, 2.75) is 51.0 Å². The van der Waals surface area contributed by atoms with Crippen LogP contribution in [0.4, 0.5) is 5.82 Å². The molecule has 1 aromatic carbocycles. The molecular formula is C19H26N4O3S. The van der Waals surface area contributed by atoms with E-state index in [9.17, 15) is 13.2 Å². The quantitative estimate of drug-likeness (QED) is 0.850. The summed E-state index contributed by atoms with van der Waals surface area (Å²) in [7, 11) is -3.58. The molecule has 1 aromatic heterocycles. The van der Waals surface area contributed by atoms with Gasteiger partial charge in [-0.05, 0) is 51.3 Å². The lowest BCUT2D eigenvalue weighted by Crippen LogP contribution is -2.35. The lowest BCUT2D eigenvalue weighted by Gasteiger charge is -2.26. The zero-order valence-corrected chi connectivity index (χ0v) is 16.8. The van der Waals surface area contributed by atoms with Crippen molar-refractivity contribution in [3.05, 3.63) is 41.6 Å². The fraction of sp³-hybridized carbons (Fsp3) is 0.474. The second kappa shape index (κ2) is 7.82. The SMILES string of the molecule is Cc1ccc(S(=O)(=O)N2CCCCC2)cc1C(=O)Nc1ccnn1C(C)C. The van der Waals surface area contributed by atoms with Gasteiger partial charge in [0.1, 0.15) is 5.82 Å². The van der Waals surface area contributed by atoms with E-state index in [1.807, 2.05) is 13.8 Å². The molecule has 0 radical (unpaired) electrons. The van der Waals surface area contributed by atoms with Gasteiger partial charge in [0.2, 0.25) is 10.0 Å². The Hall–Kier alpha value is -2.19. The van der Waals surface area contributed by atoms with Crippen LogP contribution in [0.3, 0.4) is 0 Å². The number of carbonyl (C=O) groups excluding carboxylic acids is 1. The third-order valence-electron chi connectivity index (χ3n) is 4.81. The monoisotopic (exact) mass is 390 g/mol. The maximum absolute atomic E-state index is 12.9. The molecule has 146 valence electrons. The Kier molecular flexibility index (Phi) is 5.67. The van der Waals surface area contributed by atoms with E-state index in [0.717, 1.165) is 24.8 Å². The molecule has 1 N–H and O–H groups in total. The van der Waals surface area contributed by atoms with E-state index >= 15 is 0 Å². The van der Waals surface area contributed by atoms with Gasteiger partial charge in [-0.25, -0.2) is 13.1 Å². The Labute approximate surface area is 160 Å². The third-order valence-corrected chi connectivity index (χ3v) is 6.70. The third kappa shape index (κ3) is 4.06. The fourth-order valence-corrected chi connectivity index (χ4v) is 4.81. The molecule has 27 heavy (non-hydrogen) atoms. The normalized spacial score (nSPS) is 15.9. The summed E-state index contributed by atoms with van der Waals surface area (Å²) in [4.78, 5) is 13.0. The first-order chi connectivity index (χ1) is 12.8. The number of aryl methyl sites for hydroxylation is 1. The minimum absolute atomic E-state index is 0.0993. The molecule has 1 saturated heterocycles. The molecule has 0 atom stereocenters. The number of hydrogen-bond acceptors (Lipinski definition) is 4. The number of anilines is 1. The number of nitrogens with zero attached hydrogens (tertiary/aromatic N) is 3. The summed E-state index contributed by atoms with van der Waals surface area (Å²) in [5, 5.41) is 7.04. The van der Waals surface area contributed by atoms with Crippen molar-refractivity contribution in [1.82, 2.24) is 14.1 Å². The van der Waals surface area contributed by atoms with E-state index in [2.05, 4.69) is 10.4 Å². The number of carbonyl (C=O) groups is 1. The number of sulfonamides is 1. The number of benzene rings is 1. The molecule has 0 spiro atoms. The highest BCUT2D eigenvalue weighted by Crippen LogP contribution is 2.23. The number of piperidine rings is 1. The van der Waals surface area contributed by atoms with E-state index in [1.165, 1.54) is 10.4 Å². The number of rotatable bonds is 5. The van der Waals surface area contributed by atoms with Gasteiger partial charge in [-0.3, -0.25) is 4.79 Å².